The van der Waals surface area contributed by atoms with Crippen LogP contribution in [-0.4, -0.2) is 68.0 Å². The number of hydrogen-bond donors (Lipinski definition) is 1. The molecule has 2 saturated heterocycles. The van der Waals surface area contributed by atoms with Crippen molar-refractivity contribution in [3.8, 4) is 0 Å². The number of aryl methyl sites for hydroxylation is 1. The molecule has 29 heavy (non-hydrogen) atoms. The molecule has 0 saturated carbocycles. The Hall–Kier alpha value is -2.09. The highest BCUT2D eigenvalue weighted by molar-refractivity contribution is 6.30. The summed E-state index contributed by atoms with van der Waals surface area (Å²) in [4.78, 5) is 19.3. The molecule has 2 aliphatic heterocycles. The molecule has 1 N–H and O–H groups in total. The number of benzene rings is 1. The summed E-state index contributed by atoms with van der Waals surface area (Å²) < 4.78 is 1.77. The summed E-state index contributed by atoms with van der Waals surface area (Å²) in [5, 5.41) is 16.4. The summed E-state index contributed by atoms with van der Waals surface area (Å²) in [5.74, 6) is 0.0481. The maximum atomic E-state index is 13.2. The van der Waals surface area contributed by atoms with Gasteiger partial charge in [0.2, 0.25) is 5.91 Å². The van der Waals surface area contributed by atoms with Crippen LogP contribution >= 0.6 is 11.6 Å². The Morgan fingerprint density at radius 3 is 2.66 bits per heavy atom. The van der Waals surface area contributed by atoms with Crippen LogP contribution in [0.5, 0.6) is 0 Å². The fourth-order valence-corrected chi connectivity index (χ4v) is 4.67. The van der Waals surface area contributed by atoms with E-state index in [9.17, 15) is 9.90 Å². The Kier molecular flexibility index (Phi) is 5.31. The van der Waals surface area contributed by atoms with Crippen LogP contribution in [0.4, 0.5) is 5.69 Å². The molecule has 4 rings (SSSR count). The second kappa shape index (κ2) is 7.63. The van der Waals surface area contributed by atoms with Crippen molar-refractivity contribution in [2.45, 2.75) is 44.6 Å². The second-order valence-corrected chi connectivity index (χ2v) is 8.83. The van der Waals surface area contributed by atoms with Crippen molar-refractivity contribution >= 4 is 23.2 Å². The van der Waals surface area contributed by atoms with E-state index in [2.05, 4.69) is 10.00 Å². The quantitative estimate of drug-likeness (QED) is 0.825. The van der Waals surface area contributed by atoms with Gasteiger partial charge in [0.05, 0.1) is 18.4 Å². The average Bonchev–Trinajstić information content (AvgIpc) is 3.31. The number of halogens is 1. The molecular weight excluding hydrogens is 390 g/mol. The van der Waals surface area contributed by atoms with E-state index in [1.54, 1.807) is 4.68 Å². The number of anilines is 1. The van der Waals surface area contributed by atoms with Crippen molar-refractivity contribution in [2.24, 2.45) is 7.05 Å². The predicted octanol–water partition coefficient (Wildman–Crippen LogP) is 2.09. The molecule has 2 aromatic rings. The lowest BCUT2D eigenvalue weighted by Gasteiger charge is -2.53. The monoisotopic (exact) mass is 417 g/mol. The minimum atomic E-state index is -0.728. The van der Waals surface area contributed by atoms with Crippen LogP contribution in [0.3, 0.4) is 0 Å². The molecule has 7 nitrogen and oxygen atoms in total. The highest BCUT2D eigenvalue weighted by Gasteiger charge is 2.56. The number of aromatic nitrogens is 2. The Morgan fingerprint density at radius 2 is 2.03 bits per heavy atom. The van der Waals surface area contributed by atoms with Crippen LogP contribution in [0, 0.1) is 0 Å². The molecule has 1 amide bonds. The standard InChI is InChI=1S/C21H28ClN5O2/c1-15(2)26-13-19(28)27(11-16-4-6-17(22)7-5-16)21(20(26)29)8-9-25(14-21)18-10-23-24(3)12-18/h4-7,10,12,15,20,29H,8-9,11,13-14H2,1-3H3. The van der Waals surface area contributed by atoms with Crippen molar-refractivity contribution in [2.75, 3.05) is 24.5 Å². The van der Waals surface area contributed by atoms with Gasteiger partial charge in [0.25, 0.3) is 0 Å². The molecule has 2 aliphatic rings. The topological polar surface area (TPSA) is 64.8 Å². The predicted molar refractivity (Wildman–Crippen MR) is 113 cm³/mol. The van der Waals surface area contributed by atoms with Gasteiger partial charge in [0.1, 0.15) is 11.8 Å². The summed E-state index contributed by atoms with van der Waals surface area (Å²) in [6.07, 6.45) is 3.78. The maximum Gasteiger partial charge on any atom is 0.237 e. The first-order chi connectivity index (χ1) is 13.8. The van der Waals surface area contributed by atoms with E-state index < -0.39 is 11.8 Å². The fraction of sp³-hybridized carbons (Fsp3) is 0.524. The third-order valence-corrected chi connectivity index (χ3v) is 6.46. The van der Waals surface area contributed by atoms with Gasteiger partial charge in [0, 0.05) is 43.9 Å². The largest absolute Gasteiger partial charge is 0.376 e. The third-order valence-electron chi connectivity index (χ3n) is 6.20. The summed E-state index contributed by atoms with van der Waals surface area (Å²) >= 11 is 6.03. The summed E-state index contributed by atoms with van der Waals surface area (Å²) in [6, 6.07) is 7.64. The summed E-state index contributed by atoms with van der Waals surface area (Å²) in [7, 11) is 1.89. The Bertz CT molecular complexity index is 883. The average molecular weight is 418 g/mol. The molecule has 2 atom stereocenters. The molecule has 8 heteroatoms. The Labute approximate surface area is 176 Å². The van der Waals surface area contributed by atoms with Crippen molar-refractivity contribution in [3.05, 3.63) is 47.2 Å². The number of nitrogens with zero attached hydrogens (tertiary/aromatic N) is 5. The Balaban J connectivity index is 1.68. The maximum absolute atomic E-state index is 13.2. The molecule has 1 spiro atoms. The van der Waals surface area contributed by atoms with Crippen LogP contribution in [0.2, 0.25) is 5.02 Å². The van der Waals surface area contributed by atoms with Gasteiger partial charge in [-0.05, 0) is 38.0 Å². The van der Waals surface area contributed by atoms with E-state index in [1.165, 1.54) is 0 Å². The number of carbonyl (C=O) groups excluding carboxylic acids is 1. The fourth-order valence-electron chi connectivity index (χ4n) is 4.55. The van der Waals surface area contributed by atoms with Gasteiger partial charge in [-0.1, -0.05) is 23.7 Å². The van der Waals surface area contributed by atoms with Gasteiger partial charge < -0.3 is 14.9 Å². The molecule has 0 aliphatic carbocycles. The zero-order valence-corrected chi connectivity index (χ0v) is 17.9. The SMILES string of the molecule is CC(C)N1CC(=O)N(Cc2ccc(Cl)cc2)C2(CCN(c3cnn(C)c3)C2)C1O. The van der Waals surface area contributed by atoms with Crippen LogP contribution in [0.25, 0.3) is 0 Å². The van der Waals surface area contributed by atoms with Gasteiger partial charge in [-0.15, -0.1) is 0 Å². The van der Waals surface area contributed by atoms with Crippen LogP contribution < -0.4 is 4.90 Å². The van der Waals surface area contributed by atoms with Crippen LogP contribution in [-0.2, 0) is 18.4 Å². The number of carbonyl (C=O) groups is 1. The third kappa shape index (κ3) is 3.63. The van der Waals surface area contributed by atoms with E-state index in [-0.39, 0.29) is 18.5 Å². The minimum Gasteiger partial charge on any atom is -0.376 e. The minimum absolute atomic E-state index is 0.0481. The summed E-state index contributed by atoms with van der Waals surface area (Å²) in [6.45, 7) is 6.06. The number of rotatable bonds is 4. The molecule has 1 aromatic heterocycles. The van der Waals surface area contributed by atoms with Crippen molar-refractivity contribution < 1.29 is 9.90 Å². The lowest BCUT2D eigenvalue weighted by molar-refractivity contribution is -0.181. The van der Waals surface area contributed by atoms with Crippen molar-refractivity contribution in [1.82, 2.24) is 19.6 Å². The lowest BCUT2D eigenvalue weighted by Crippen LogP contribution is -2.71. The van der Waals surface area contributed by atoms with Gasteiger partial charge in [-0.2, -0.15) is 5.10 Å². The van der Waals surface area contributed by atoms with Crippen LogP contribution in [0.1, 0.15) is 25.8 Å². The van der Waals surface area contributed by atoms with Crippen molar-refractivity contribution in [1.29, 1.82) is 0 Å². The van der Waals surface area contributed by atoms with E-state index in [0.717, 1.165) is 17.8 Å². The van der Waals surface area contributed by atoms with Gasteiger partial charge in [-0.3, -0.25) is 14.4 Å². The number of aliphatic hydroxyl groups excluding tert-OH is 1. The van der Waals surface area contributed by atoms with Gasteiger partial charge in [-0.25, -0.2) is 0 Å². The smallest absolute Gasteiger partial charge is 0.237 e. The van der Waals surface area contributed by atoms with E-state index in [4.69, 9.17) is 11.6 Å². The number of hydrogen-bond acceptors (Lipinski definition) is 5. The summed E-state index contributed by atoms with van der Waals surface area (Å²) in [5.41, 5.74) is 1.35. The highest BCUT2D eigenvalue weighted by Crippen LogP contribution is 2.39. The molecular formula is C21H28ClN5O2. The van der Waals surface area contributed by atoms with Gasteiger partial charge >= 0.3 is 0 Å². The van der Waals surface area contributed by atoms with Crippen molar-refractivity contribution in [3.63, 3.8) is 0 Å². The lowest BCUT2D eigenvalue weighted by atomic mass is 9.88. The normalized spacial score (nSPS) is 25.6. The van der Waals surface area contributed by atoms with Crippen LogP contribution in [0.15, 0.2) is 36.7 Å². The van der Waals surface area contributed by atoms with Gasteiger partial charge in [0.15, 0.2) is 0 Å². The number of piperazine rings is 1. The van der Waals surface area contributed by atoms with E-state index >= 15 is 0 Å². The van der Waals surface area contributed by atoms with E-state index in [1.807, 2.05) is 67.4 Å². The zero-order chi connectivity index (χ0) is 20.8. The first-order valence-electron chi connectivity index (χ1n) is 10.0. The Morgan fingerprint density at radius 1 is 1.31 bits per heavy atom. The number of aliphatic hydroxyl groups is 1. The molecule has 2 fully saturated rings. The first-order valence-corrected chi connectivity index (χ1v) is 10.4. The molecule has 2 unspecified atom stereocenters. The molecule has 0 radical (unpaired) electrons. The first kappa shape index (κ1) is 20.2. The molecule has 1 aromatic carbocycles. The zero-order valence-electron chi connectivity index (χ0n) is 17.1. The molecule has 156 valence electrons. The van der Waals surface area contributed by atoms with E-state index in [0.29, 0.717) is 24.5 Å². The molecule has 0 bridgehead atoms. The molecule has 3 heterocycles. The number of amides is 1. The second-order valence-electron chi connectivity index (χ2n) is 8.39. The highest BCUT2D eigenvalue weighted by atomic mass is 35.5.